The summed E-state index contributed by atoms with van der Waals surface area (Å²) < 4.78 is 0. The molecule has 3 aromatic rings. The zero-order valence-electron chi connectivity index (χ0n) is 10.7. The van der Waals surface area contributed by atoms with Crippen LogP contribution in [0.4, 0.5) is 0 Å². The first-order valence-electron chi connectivity index (χ1n) is 6.31. The average Bonchev–Trinajstić information content (AvgIpc) is 2.90. The molecule has 0 saturated heterocycles. The molecule has 4 nitrogen and oxygen atoms in total. The van der Waals surface area contributed by atoms with Gasteiger partial charge in [0.1, 0.15) is 0 Å². The number of para-hydroxylation sites is 1. The van der Waals surface area contributed by atoms with Gasteiger partial charge >= 0.3 is 5.97 Å². The van der Waals surface area contributed by atoms with Gasteiger partial charge in [-0.2, -0.15) is 0 Å². The van der Waals surface area contributed by atoms with Gasteiger partial charge < -0.3 is 15.8 Å². The summed E-state index contributed by atoms with van der Waals surface area (Å²) in [7, 11) is 0. The molecule has 0 bridgehead atoms. The first kappa shape index (κ1) is 12.4. The lowest BCUT2D eigenvalue weighted by Crippen LogP contribution is -2.11. The molecule has 0 aliphatic carbocycles. The number of carbonyl (C=O) groups is 1. The molecule has 0 amide bonds. The Balaban J connectivity index is 1.99. The predicted octanol–water partition coefficient (Wildman–Crippen LogP) is 2.91. The van der Waals surface area contributed by atoms with E-state index in [1.54, 1.807) is 24.3 Å². The lowest BCUT2D eigenvalue weighted by atomic mass is 9.98. The second-order valence-electron chi connectivity index (χ2n) is 4.69. The van der Waals surface area contributed by atoms with Crippen molar-refractivity contribution in [2.24, 2.45) is 5.73 Å². The Hall–Kier alpha value is -2.59. The monoisotopic (exact) mass is 266 g/mol. The van der Waals surface area contributed by atoms with Gasteiger partial charge in [0.2, 0.25) is 0 Å². The van der Waals surface area contributed by atoms with Crippen molar-refractivity contribution >= 4 is 16.9 Å². The summed E-state index contributed by atoms with van der Waals surface area (Å²) in [4.78, 5) is 14.0. The number of carboxylic acids is 1. The molecule has 0 radical (unpaired) electrons. The molecule has 100 valence electrons. The number of rotatable bonds is 3. The number of benzene rings is 2. The molecule has 1 aromatic heterocycles. The first-order valence-corrected chi connectivity index (χ1v) is 6.31. The van der Waals surface area contributed by atoms with Crippen LogP contribution in [0.1, 0.15) is 27.5 Å². The molecule has 0 fully saturated rings. The van der Waals surface area contributed by atoms with E-state index in [2.05, 4.69) is 4.98 Å². The minimum absolute atomic E-state index is 0.264. The van der Waals surface area contributed by atoms with Gasteiger partial charge in [0.15, 0.2) is 0 Å². The van der Waals surface area contributed by atoms with Crippen molar-refractivity contribution in [1.29, 1.82) is 0 Å². The van der Waals surface area contributed by atoms with Crippen molar-refractivity contribution in [2.75, 3.05) is 0 Å². The number of H-pyrrole nitrogens is 1. The molecule has 3 rings (SSSR count). The molecular formula is C16H14N2O2. The quantitative estimate of drug-likeness (QED) is 0.682. The maximum absolute atomic E-state index is 10.8. The van der Waals surface area contributed by atoms with Gasteiger partial charge in [0.25, 0.3) is 0 Å². The van der Waals surface area contributed by atoms with Gasteiger partial charge in [-0.1, -0.05) is 30.3 Å². The van der Waals surface area contributed by atoms with Crippen LogP contribution in [0.5, 0.6) is 0 Å². The highest BCUT2D eigenvalue weighted by atomic mass is 16.4. The minimum atomic E-state index is -0.933. The van der Waals surface area contributed by atoms with Crippen LogP contribution in [0.15, 0.2) is 54.7 Å². The van der Waals surface area contributed by atoms with Gasteiger partial charge in [-0.3, -0.25) is 0 Å². The summed E-state index contributed by atoms with van der Waals surface area (Å²) >= 11 is 0. The van der Waals surface area contributed by atoms with E-state index in [1.165, 1.54) is 0 Å². The lowest BCUT2D eigenvalue weighted by Gasteiger charge is -2.11. The third-order valence-corrected chi connectivity index (χ3v) is 3.47. The number of fused-ring (bicyclic) bond motifs is 1. The van der Waals surface area contributed by atoms with Crippen LogP contribution in [-0.4, -0.2) is 16.1 Å². The first-order chi connectivity index (χ1) is 9.66. The molecule has 2 aromatic carbocycles. The van der Waals surface area contributed by atoms with Crippen molar-refractivity contribution in [3.63, 3.8) is 0 Å². The van der Waals surface area contributed by atoms with E-state index in [1.807, 2.05) is 30.5 Å². The summed E-state index contributed by atoms with van der Waals surface area (Å²) in [5.41, 5.74) is 9.48. The van der Waals surface area contributed by atoms with Gasteiger partial charge in [-0.25, -0.2) is 4.79 Å². The third-order valence-electron chi connectivity index (χ3n) is 3.47. The summed E-state index contributed by atoms with van der Waals surface area (Å²) in [6.07, 6.45) is 1.90. The molecule has 4 heteroatoms. The molecular weight excluding hydrogens is 252 g/mol. The van der Waals surface area contributed by atoms with Crippen LogP contribution in [0.2, 0.25) is 0 Å². The van der Waals surface area contributed by atoms with E-state index in [0.717, 1.165) is 22.0 Å². The van der Waals surface area contributed by atoms with Crippen molar-refractivity contribution in [1.82, 2.24) is 4.98 Å². The molecule has 0 aliphatic heterocycles. The molecule has 1 unspecified atom stereocenters. The van der Waals surface area contributed by atoms with E-state index in [0.29, 0.717) is 0 Å². The van der Waals surface area contributed by atoms with Crippen LogP contribution >= 0.6 is 0 Å². The molecule has 1 heterocycles. The van der Waals surface area contributed by atoms with Crippen molar-refractivity contribution < 1.29 is 9.90 Å². The molecule has 1 atom stereocenters. The Bertz CT molecular complexity index is 760. The van der Waals surface area contributed by atoms with E-state index in [4.69, 9.17) is 10.8 Å². The number of nitrogens with two attached hydrogens (primary N) is 1. The van der Waals surface area contributed by atoms with Gasteiger partial charge in [0.05, 0.1) is 11.6 Å². The zero-order valence-corrected chi connectivity index (χ0v) is 10.7. The summed E-state index contributed by atoms with van der Waals surface area (Å²) in [5.74, 6) is -0.933. The minimum Gasteiger partial charge on any atom is -0.478 e. The number of carboxylic acid groups (broad SMARTS) is 1. The second-order valence-corrected chi connectivity index (χ2v) is 4.69. The van der Waals surface area contributed by atoms with Gasteiger partial charge in [0, 0.05) is 17.1 Å². The standard InChI is InChI=1S/C16H14N2O2/c17-15(10-5-7-11(8-6-10)16(19)20)13-9-18-14-4-2-1-3-12(13)14/h1-9,15,18H,17H2,(H,19,20). The Morgan fingerprint density at radius 1 is 1.10 bits per heavy atom. The molecule has 20 heavy (non-hydrogen) atoms. The normalized spacial score (nSPS) is 12.4. The maximum atomic E-state index is 10.8. The molecule has 0 spiro atoms. The number of aromatic amines is 1. The average molecular weight is 266 g/mol. The number of hydrogen-bond donors (Lipinski definition) is 3. The number of aromatic nitrogens is 1. The van der Waals surface area contributed by atoms with Crippen molar-refractivity contribution in [2.45, 2.75) is 6.04 Å². The van der Waals surface area contributed by atoms with Crippen molar-refractivity contribution in [3.8, 4) is 0 Å². The summed E-state index contributed by atoms with van der Waals surface area (Å²) in [6, 6.07) is 14.3. The molecule has 0 aliphatic rings. The van der Waals surface area contributed by atoms with Gasteiger partial charge in [-0.05, 0) is 29.3 Å². The fourth-order valence-electron chi connectivity index (χ4n) is 2.36. The van der Waals surface area contributed by atoms with E-state index in [9.17, 15) is 4.79 Å². The highest BCUT2D eigenvalue weighted by molar-refractivity contribution is 5.87. The van der Waals surface area contributed by atoms with Crippen LogP contribution in [0.25, 0.3) is 10.9 Å². The summed E-state index contributed by atoms with van der Waals surface area (Å²) in [5, 5.41) is 9.99. The highest BCUT2D eigenvalue weighted by Gasteiger charge is 2.14. The number of aromatic carboxylic acids is 1. The SMILES string of the molecule is NC(c1ccc(C(=O)O)cc1)c1c[nH]c2ccccc12. The van der Waals surface area contributed by atoms with Crippen LogP contribution in [0.3, 0.4) is 0 Å². The largest absolute Gasteiger partial charge is 0.478 e. The van der Waals surface area contributed by atoms with E-state index >= 15 is 0 Å². The van der Waals surface area contributed by atoms with E-state index < -0.39 is 5.97 Å². The fourth-order valence-corrected chi connectivity index (χ4v) is 2.36. The molecule has 4 N–H and O–H groups in total. The Morgan fingerprint density at radius 3 is 2.50 bits per heavy atom. The Morgan fingerprint density at radius 2 is 1.80 bits per heavy atom. The number of hydrogen-bond acceptors (Lipinski definition) is 2. The Labute approximate surface area is 115 Å². The number of nitrogens with one attached hydrogen (secondary N) is 1. The lowest BCUT2D eigenvalue weighted by molar-refractivity contribution is 0.0697. The topological polar surface area (TPSA) is 79.1 Å². The maximum Gasteiger partial charge on any atom is 0.335 e. The zero-order chi connectivity index (χ0) is 14.1. The summed E-state index contributed by atoms with van der Waals surface area (Å²) in [6.45, 7) is 0. The van der Waals surface area contributed by atoms with Crippen LogP contribution in [-0.2, 0) is 0 Å². The van der Waals surface area contributed by atoms with Crippen LogP contribution in [0, 0.1) is 0 Å². The van der Waals surface area contributed by atoms with Crippen LogP contribution < -0.4 is 5.73 Å². The third kappa shape index (κ3) is 2.06. The fraction of sp³-hybridized carbons (Fsp3) is 0.0625. The van der Waals surface area contributed by atoms with Gasteiger partial charge in [-0.15, -0.1) is 0 Å². The second kappa shape index (κ2) is 4.83. The van der Waals surface area contributed by atoms with Crippen molar-refractivity contribution in [3.05, 3.63) is 71.4 Å². The smallest absolute Gasteiger partial charge is 0.335 e. The Kier molecular flexibility index (Phi) is 3.00. The predicted molar refractivity (Wildman–Crippen MR) is 77.7 cm³/mol. The van der Waals surface area contributed by atoms with E-state index in [-0.39, 0.29) is 11.6 Å². The highest BCUT2D eigenvalue weighted by Crippen LogP contribution is 2.27. The molecule has 0 saturated carbocycles.